The molecule has 1 aliphatic carbocycles. The molecule has 0 aliphatic heterocycles. The Balaban J connectivity index is 1.31. The summed E-state index contributed by atoms with van der Waals surface area (Å²) in [4.78, 5) is 27.3. The largest absolute Gasteiger partial charge is 0.346 e. The van der Waals surface area contributed by atoms with Gasteiger partial charge in [-0.05, 0) is 52.1 Å². The Morgan fingerprint density at radius 1 is 0.972 bits per heavy atom. The molecule has 2 N–H and O–H groups in total. The van der Waals surface area contributed by atoms with Crippen LogP contribution in [0.4, 0.5) is 0 Å². The molecule has 7 nitrogen and oxygen atoms in total. The van der Waals surface area contributed by atoms with Crippen molar-refractivity contribution in [3.63, 3.8) is 0 Å². The molecule has 8 heteroatoms. The molecule has 1 aliphatic rings. The van der Waals surface area contributed by atoms with Gasteiger partial charge in [-0.25, -0.2) is 4.98 Å². The summed E-state index contributed by atoms with van der Waals surface area (Å²) < 4.78 is 5.16. The van der Waals surface area contributed by atoms with Crippen molar-refractivity contribution in [1.29, 1.82) is 0 Å². The number of nitrogens with zero attached hydrogens (tertiary/aromatic N) is 3. The van der Waals surface area contributed by atoms with Gasteiger partial charge in [0.25, 0.3) is 5.91 Å². The van der Waals surface area contributed by atoms with Crippen LogP contribution in [0.3, 0.4) is 0 Å². The molecule has 1 unspecified atom stereocenters. The molecule has 4 heterocycles. The Hall–Kier alpha value is -4.56. The zero-order chi connectivity index (χ0) is 24.2. The number of rotatable bonds is 4. The lowest BCUT2D eigenvalue weighted by Gasteiger charge is -2.17. The Bertz CT molecular complexity index is 1780. The zero-order valence-electron chi connectivity index (χ0n) is 19.1. The highest BCUT2D eigenvalue weighted by molar-refractivity contribution is 7.18. The van der Waals surface area contributed by atoms with Gasteiger partial charge in [0.1, 0.15) is 5.65 Å². The molecule has 4 aromatic heterocycles. The van der Waals surface area contributed by atoms with Crippen LogP contribution in [0.25, 0.3) is 43.3 Å². The minimum atomic E-state index is -0.259. The van der Waals surface area contributed by atoms with Gasteiger partial charge in [-0.1, -0.05) is 47.6 Å². The van der Waals surface area contributed by atoms with E-state index in [4.69, 9.17) is 4.52 Å². The molecule has 0 spiro atoms. The molecule has 0 saturated heterocycles. The average Bonchev–Trinajstić information content (AvgIpc) is 3.70. The molecule has 0 saturated carbocycles. The van der Waals surface area contributed by atoms with E-state index in [9.17, 15) is 4.79 Å². The maximum atomic E-state index is 13.5. The van der Waals surface area contributed by atoms with Crippen LogP contribution in [-0.4, -0.2) is 26.0 Å². The van der Waals surface area contributed by atoms with Gasteiger partial charge in [0.2, 0.25) is 11.7 Å². The minimum Gasteiger partial charge on any atom is -0.346 e. The number of hydrogen-bond donors (Lipinski definition) is 2. The first kappa shape index (κ1) is 20.8. The third-order valence-electron chi connectivity index (χ3n) is 6.55. The van der Waals surface area contributed by atoms with Crippen LogP contribution in [0.1, 0.15) is 33.4 Å². The molecule has 0 radical (unpaired) electrons. The highest BCUT2D eigenvalue weighted by atomic mass is 32.1. The van der Waals surface area contributed by atoms with Gasteiger partial charge < -0.3 is 14.8 Å². The molecule has 36 heavy (non-hydrogen) atoms. The number of hydrogen-bond acceptors (Lipinski definition) is 6. The van der Waals surface area contributed by atoms with E-state index in [2.05, 4.69) is 55.8 Å². The lowest BCUT2D eigenvalue weighted by molar-refractivity contribution is 0.0945. The zero-order valence-corrected chi connectivity index (χ0v) is 20.0. The van der Waals surface area contributed by atoms with Crippen LogP contribution in [0.15, 0.2) is 83.6 Å². The van der Waals surface area contributed by atoms with Crippen molar-refractivity contribution in [1.82, 2.24) is 25.4 Å². The summed E-state index contributed by atoms with van der Waals surface area (Å²) in [6.07, 6.45) is 3.45. The van der Waals surface area contributed by atoms with Gasteiger partial charge in [0.15, 0.2) is 0 Å². The molecule has 1 amide bonds. The van der Waals surface area contributed by atoms with Crippen LogP contribution < -0.4 is 5.32 Å². The maximum Gasteiger partial charge on any atom is 0.252 e. The van der Waals surface area contributed by atoms with Crippen molar-refractivity contribution in [2.24, 2.45) is 0 Å². The monoisotopic (exact) mass is 489 g/mol. The van der Waals surface area contributed by atoms with E-state index >= 15 is 0 Å². The second-order valence-electron chi connectivity index (χ2n) is 8.66. The standard InChI is InChI=1S/C28H19N5O2S/c1-15-31-27(33-35-15)23-10-9-22(36-23)20-7-4-8-21-24(20)16-5-2-3-6-17(16)25(21)32-28(34)19-12-14-30-26-18(19)11-13-29-26/h2-14,25H,1H3,(H,29,30)(H,32,34). The molecular weight excluding hydrogens is 470 g/mol. The smallest absolute Gasteiger partial charge is 0.252 e. The third kappa shape index (κ3) is 3.19. The summed E-state index contributed by atoms with van der Waals surface area (Å²) in [6, 6.07) is 22.0. The number of aryl methyl sites for hydroxylation is 1. The summed E-state index contributed by atoms with van der Waals surface area (Å²) in [5.74, 6) is 1.00. The number of nitrogens with one attached hydrogen (secondary N) is 2. The minimum absolute atomic E-state index is 0.133. The fourth-order valence-corrected chi connectivity index (χ4v) is 5.95. The summed E-state index contributed by atoms with van der Waals surface area (Å²) in [5, 5.41) is 8.16. The van der Waals surface area contributed by atoms with E-state index in [0.717, 1.165) is 43.0 Å². The van der Waals surface area contributed by atoms with Crippen molar-refractivity contribution in [2.45, 2.75) is 13.0 Å². The molecule has 2 aromatic carbocycles. The topological polar surface area (TPSA) is 96.7 Å². The first-order valence-electron chi connectivity index (χ1n) is 11.5. The summed E-state index contributed by atoms with van der Waals surface area (Å²) >= 11 is 1.62. The van der Waals surface area contributed by atoms with Crippen molar-refractivity contribution in [3.8, 4) is 32.3 Å². The van der Waals surface area contributed by atoms with Crippen molar-refractivity contribution < 1.29 is 9.32 Å². The van der Waals surface area contributed by atoms with Crippen LogP contribution in [0, 0.1) is 6.92 Å². The van der Waals surface area contributed by atoms with E-state index < -0.39 is 0 Å². The van der Waals surface area contributed by atoms with Crippen LogP contribution in [0.5, 0.6) is 0 Å². The molecule has 1 atom stereocenters. The molecule has 0 fully saturated rings. The molecule has 0 bridgehead atoms. The fraction of sp³-hybridized carbons (Fsp3) is 0.0714. The highest BCUT2D eigenvalue weighted by Gasteiger charge is 2.32. The van der Waals surface area contributed by atoms with Crippen LogP contribution in [0.2, 0.25) is 0 Å². The van der Waals surface area contributed by atoms with Gasteiger partial charge in [-0.15, -0.1) is 11.3 Å². The number of aromatic nitrogens is 4. The Morgan fingerprint density at radius 2 is 1.81 bits per heavy atom. The van der Waals surface area contributed by atoms with Gasteiger partial charge in [0, 0.05) is 29.6 Å². The van der Waals surface area contributed by atoms with E-state index in [1.54, 1.807) is 36.7 Å². The quantitative estimate of drug-likeness (QED) is 0.310. The number of pyridine rings is 1. The molecule has 6 aromatic rings. The van der Waals surface area contributed by atoms with Crippen molar-refractivity contribution in [3.05, 3.63) is 102 Å². The van der Waals surface area contributed by atoms with E-state index in [0.29, 0.717) is 22.9 Å². The lowest BCUT2D eigenvalue weighted by Crippen LogP contribution is -2.28. The predicted molar refractivity (Wildman–Crippen MR) is 139 cm³/mol. The van der Waals surface area contributed by atoms with E-state index in [1.807, 2.05) is 30.3 Å². The summed E-state index contributed by atoms with van der Waals surface area (Å²) in [6.45, 7) is 1.79. The SMILES string of the molecule is Cc1nc(-c2ccc(-c3cccc4c3-c3ccccc3C4NC(=O)c3ccnc4[nH]ccc34)s2)no1. The molecule has 7 rings (SSSR count). The van der Waals surface area contributed by atoms with E-state index in [-0.39, 0.29) is 11.9 Å². The number of amides is 1. The van der Waals surface area contributed by atoms with Crippen LogP contribution >= 0.6 is 11.3 Å². The summed E-state index contributed by atoms with van der Waals surface area (Å²) in [7, 11) is 0. The molecule has 174 valence electrons. The predicted octanol–water partition coefficient (Wildman–Crippen LogP) is 6.15. The first-order valence-corrected chi connectivity index (χ1v) is 12.3. The number of carbonyl (C=O) groups excluding carboxylic acids is 1. The number of thiophene rings is 1. The van der Waals surface area contributed by atoms with Gasteiger partial charge in [0.05, 0.1) is 16.5 Å². The van der Waals surface area contributed by atoms with Crippen molar-refractivity contribution in [2.75, 3.05) is 0 Å². The maximum absolute atomic E-state index is 13.5. The Labute approximate surface area is 209 Å². The number of carbonyl (C=O) groups is 1. The van der Waals surface area contributed by atoms with Gasteiger partial charge >= 0.3 is 0 Å². The Kier molecular flexibility index (Phi) is 4.62. The van der Waals surface area contributed by atoms with Gasteiger partial charge in [-0.3, -0.25) is 4.79 Å². The van der Waals surface area contributed by atoms with Gasteiger partial charge in [-0.2, -0.15) is 4.98 Å². The second kappa shape index (κ2) is 8.00. The second-order valence-corrected chi connectivity index (χ2v) is 9.75. The molecular formula is C28H19N5O2S. The lowest BCUT2D eigenvalue weighted by atomic mass is 9.98. The number of H-pyrrole nitrogens is 1. The van der Waals surface area contributed by atoms with Crippen LogP contribution in [-0.2, 0) is 0 Å². The number of fused-ring (bicyclic) bond motifs is 4. The summed E-state index contributed by atoms with van der Waals surface area (Å²) in [5.41, 5.74) is 6.83. The third-order valence-corrected chi connectivity index (χ3v) is 7.66. The highest BCUT2D eigenvalue weighted by Crippen LogP contribution is 2.49. The fourth-order valence-electron chi connectivity index (χ4n) is 4.99. The first-order chi connectivity index (χ1) is 17.7. The normalized spacial score (nSPS) is 14.1. The average molecular weight is 490 g/mol. The van der Waals surface area contributed by atoms with E-state index in [1.165, 1.54) is 0 Å². The van der Waals surface area contributed by atoms with Crippen molar-refractivity contribution >= 4 is 28.3 Å². The Morgan fingerprint density at radius 3 is 2.69 bits per heavy atom. The number of benzene rings is 2. The number of aromatic amines is 1.